The van der Waals surface area contributed by atoms with E-state index in [-0.39, 0.29) is 19.1 Å². The molecule has 1 unspecified atom stereocenters. The number of amides is 1. The molecule has 0 fully saturated rings. The van der Waals surface area contributed by atoms with Gasteiger partial charge in [0.15, 0.2) is 0 Å². The Balaban J connectivity index is 2.41. The zero-order valence-corrected chi connectivity index (χ0v) is 11.5. The summed E-state index contributed by atoms with van der Waals surface area (Å²) in [5.74, 6) is -1.83. The fourth-order valence-electron chi connectivity index (χ4n) is 1.82. The van der Waals surface area contributed by atoms with Crippen LogP contribution in [0.3, 0.4) is 0 Å². The summed E-state index contributed by atoms with van der Waals surface area (Å²) in [5.41, 5.74) is -0.429. The lowest BCUT2D eigenvalue weighted by Crippen LogP contribution is -2.32. The van der Waals surface area contributed by atoms with E-state index in [0.717, 1.165) is 18.6 Å². The number of para-hydroxylation sites is 1. The van der Waals surface area contributed by atoms with Crippen LogP contribution in [0.4, 0.5) is 14.5 Å². The van der Waals surface area contributed by atoms with Gasteiger partial charge in [0.05, 0.1) is 6.54 Å². The van der Waals surface area contributed by atoms with Crippen LogP contribution in [0, 0.1) is 17.6 Å². The van der Waals surface area contributed by atoms with E-state index in [1.807, 2.05) is 6.92 Å². The van der Waals surface area contributed by atoms with Gasteiger partial charge in [0.2, 0.25) is 5.91 Å². The fraction of sp³-hybridized carbons (Fsp3) is 0.500. The maximum Gasteiger partial charge on any atom is 0.238 e. The second-order valence-corrected chi connectivity index (χ2v) is 4.56. The molecule has 1 rings (SSSR count). The summed E-state index contributed by atoms with van der Waals surface area (Å²) in [6.07, 6.45) is 1.55. The smallest absolute Gasteiger partial charge is 0.238 e. The maximum atomic E-state index is 13.3. The van der Waals surface area contributed by atoms with Crippen LogP contribution >= 0.6 is 0 Å². The molecule has 0 heterocycles. The van der Waals surface area contributed by atoms with Crippen molar-refractivity contribution in [3.05, 3.63) is 29.8 Å². The highest BCUT2D eigenvalue weighted by Crippen LogP contribution is 2.17. The highest BCUT2D eigenvalue weighted by molar-refractivity contribution is 5.92. The number of halogens is 2. The standard InChI is InChI=1S/C14H20F2N2O2/c1-2-10(6-7-19)8-17-9-13(20)18-14-11(15)4-3-5-12(14)16/h3-5,10,17,19H,2,6-9H2,1H3,(H,18,20). The minimum atomic E-state index is -0.801. The minimum Gasteiger partial charge on any atom is -0.396 e. The Morgan fingerprint density at radius 1 is 1.35 bits per heavy atom. The Hall–Kier alpha value is -1.53. The Kier molecular flexibility index (Phi) is 7.11. The van der Waals surface area contributed by atoms with Crippen molar-refractivity contribution in [2.45, 2.75) is 19.8 Å². The molecule has 4 nitrogen and oxygen atoms in total. The molecule has 0 aliphatic heterocycles. The third-order valence-corrected chi connectivity index (χ3v) is 3.06. The molecule has 0 radical (unpaired) electrons. The summed E-state index contributed by atoms with van der Waals surface area (Å²) in [4.78, 5) is 11.6. The van der Waals surface area contributed by atoms with E-state index >= 15 is 0 Å². The molecule has 20 heavy (non-hydrogen) atoms. The topological polar surface area (TPSA) is 61.4 Å². The molecule has 3 N–H and O–H groups in total. The molecule has 0 aromatic heterocycles. The first-order valence-electron chi connectivity index (χ1n) is 6.63. The SMILES string of the molecule is CCC(CCO)CNCC(=O)Nc1c(F)cccc1F. The second-order valence-electron chi connectivity index (χ2n) is 4.56. The predicted octanol–water partition coefficient (Wildman–Crippen LogP) is 1.90. The van der Waals surface area contributed by atoms with Gasteiger partial charge in [-0.25, -0.2) is 8.78 Å². The number of aliphatic hydroxyl groups excluding tert-OH is 1. The van der Waals surface area contributed by atoms with Gasteiger partial charge in [0, 0.05) is 6.61 Å². The quantitative estimate of drug-likeness (QED) is 0.684. The molecular weight excluding hydrogens is 266 g/mol. The lowest BCUT2D eigenvalue weighted by molar-refractivity contribution is -0.115. The summed E-state index contributed by atoms with van der Waals surface area (Å²) in [7, 11) is 0. The van der Waals surface area contributed by atoms with E-state index in [1.54, 1.807) is 0 Å². The normalized spacial score (nSPS) is 12.2. The third-order valence-electron chi connectivity index (χ3n) is 3.06. The Bertz CT molecular complexity index is 421. The zero-order valence-electron chi connectivity index (χ0n) is 11.5. The third kappa shape index (κ3) is 5.22. The van der Waals surface area contributed by atoms with Crippen molar-refractivity contribution in [1.82, 2.24) is 5.32 Å². The zero-order chi connectivity index (χ0) is 15.0. The number of nitrogens with one attached hydrogen (secondary N) is 2. The van der Waals surface area contributed by atoms with Crippen molar-refractivity contribution in [3.8, 4) is 0 Å². The number of carbonyl (C=O) groups is 1. The molecule has 1 amide bonds. The molecule has 0 saturated carbocycles. The molecule has 1 aromatic carbocycles. The van der Waals surface area contributed by atoms with Crippen molar-refractivity contribution in [1.29, 1.82) is 0 Å². The average Bonchev–Trinajstić information content (AvgIpc) is 2.42. The van der Waals surface area contributed by atoms with Crippen LogP contribution in [0.1, 0.15) is 19.8 Å². The van der Waals surface area contributed by atoms with E-state index < -0.39 is 23.2 Å². The van der Waals surface area contributed by atoms with Crippen molar-refractivity contribution >= 4 is 11.6 Å². The first kappa shape index (κ1) is 16.5. The van der Waals surface area contributed by atoms with Crippen molar-refractivity contribution in [3.63, 3.8) is 0 Å². The van der Waals surface area contributed by atoms with Gasteiger partial charge in [-0.15, -0.1) is 0 Å². The fourth-order valence-corrected chi connectivity index (χ4v) is 1.82. The number of hydrogen-bond donors (Lipinski definition) is 3. The van der Waals surface area contributed by atoms with Crippen LogP contribution in [0.15, 0.2) is 18.2 Å². The van der Waals surface area contributed by atoms with Crippen molar-refractivity contribution < 1.29 is 18.7 Å². The van der Waals surface area contributed by atoms with Gasteiger partial charge in [-0.3, -0.25) is 4.79 Å². The van der Waals surface area contributed by atoms with E-state index in [1.165, 1.54) is 6.07 Å². The Labute approximate surface area is 117 Å². The maximum absolute atomic E-state index is 13.3. The van der Waals surface area contributed by atoms with E-state index in [2.05, 4.69) is 10.6 Å². The summed E-state index contributed by atoms with van der Waals surface area (Å²) in [6, 6.07) is 3.40. The molecule has 0 aliphatic rings. The molecule has 1 aromatic rings. The first-order chi connectivity index (χ1) is 9.58. The summed E-state index contributed by atoms with van der Waals surface area (Å²) < 4.78 is 26.6. The highest BCUT2D eigenvalue weighted by atomic mass is 19.1. The lowest BCUT2D eigenvalue weighted by atomic mass is 10.0. The summed E-state index contributed by atoms with van der Waals surface area (Å²) in [5, 5.41) is 14.0. The van der Waals surface area contributed by atoms with Gasteiger partial charge in [0.25, 0.3) is 0 Å². The minimum absolute atomic E-state index is 0.0320. The molecule has 112 valence electrons. The van der Waals surface area contributed by atoms with Gasteiger partial charge in [-0.05, 0) is 31.0 Å². The van der Waals surface area contributed by atoms with E-state index in [4.69, 9.17) is 5.11 Å². The second kappa shape index (κ2) is 8.60. The molecule has 0 aliphatic carbocycles. The average molecular weight is 286 g/mol. The van der Waals surface area contributed by atoms with Gasteiger partial charge in [0.1, 0.15) is 17.3 Å². The molecule has 6 heteroatoms. The molecular formula is C14H20F2N2O2. The summed E-state index contributed by atoms with van der Waals surface area (Å²) in [6.45, 7) is 2.64. The Morgan fingerprint density at radius 3 is 2.55 bits per heavy atom. The predicted molar refractivity (Wildman–Crippen MR) is 73.3 cm³/mol. The van der Waals surface area contributed by atoms with Gasteiger partial charge in [-0.2, -0.15) is 0 Å². The lowest BCUT2D eigenvalue weighted by Gasteiger charge is -2.14. The van der Waals surface area contributed by atoms with Crippen molar-refractivity contribution in [2.75, 3.05) is 25.0 Å². The molecule has 0 saturated heterocycles. The molecule has 0 bridgehead atoms. The number of rotatable bonds is 8. The van der Waals surface area contributed by atoms with E-state index in [9.17, 15) is 13.6 Å². The number of aliphatic hydroxyl groups is 1. The van der Waals surface area contributed by atoms with Crippen LogP contribution < -0.4 is 10.6 Å². The largest absolute Gasteiger partial charge is 0.396 e. The number of carbonyl (C=O) groups excluding carboxylic acids is 1. The van der Waals surface area contributed by atoms with Crippen molar-refractivity contribution in [2.24, 2.45) is 5.92 Å². The van der Waals surface area contributed by atoms with Gasteiger partial charge < -0.3 is 15.7 Å². The molecule has 1 atom stereocenters. The van der Waals surface area contributed by atoms with Crippen LogP contribution in [-0.4, -0.2) is 30.7 Å². The monoisotopic (exact) mass is 286 g/mol. The summed E-state index contributed by atoms with van der Waals surface area (Å²) >= 11 is 0. The number of benzene rings is 1. The van der Waals surface area contributed by atoms with Crippen LogP contribution in [0.5, 0.6) is 0 Å². The van der Waals surface area contributed by atoms with Crippen LogP contribution in [0.25, 0.3) is 0 Å². The first-order valence-corrected chi connectivity index (χ1v) is 6.63. The Morgan fingerprint density at radius 2 is 2.00 bits per heavy atom. The van der Waals surface area contributed by atoms with Crippen LogP contribution in [0.2, 0.25) is 0 Å². The van der Waals surface area contributed by atoms with Crippen LogP contribution in [-0.2, 0) is 4.79 Å². The van der Waals surface area contributed by atoms with Gasteiger partial charge in [-0.1, -0.05) is 19.4 Å². The number of anilines is 1. The van der Waals surface area contributed by atoms with Gasteiger partial charge >= 0.3 is 0 Å². The highest BCUT2D eigenvalue weighted by Gasteiger charge is 2.12. The van der Waals surface area contributed by atoms with E-state index in [0.29, 0.717) is 13.0 Å². The molecule has 0 spiro atoms. The number of hydrogen-bond acceptors (Lipinski definition) is 3.